The van der Waals surface area contributed by atoms with Gasteiger partial charge < -0.3 is 80.5 Å². The molecule has 0 spiro atoms. The van der Waals surface area contributed by atoms with E-state index in [1.807, 2.05) is 0 Å². The smallest absolute Gasteiger partial charge is 0.547 e. The topological polar surface area (TPSA) is 322 Å². The molecule has 8 atom stereocenters. The summed E-state index contributed by atoms with van der Waals surface area (Å²) in [6, 6.07) is 0. The zero-order valence-corrected chi connectivity index (χ0v) is 15.7. The summed E-state index contributed by atoms with van der Waals surface area (Å²) in [7, 11) is 0. The number of aliphatic carboxylic acids is 4. The molecular formula is C12H16O16Tc. The fraction of sp³-hybridized carbons (Fsp3) is 0.667. The van der Waals surface area contributed by atoms with Crippen molar-refractivity contribution in [3.8, 4) is 0 Å². The van der Waals surface area contributed by atoms with Gasteiger partial charge in [-0.15, -0.1) is 0 Å². The number of rotatable bonds is 10. The Morgan fingerprint density at radius 2 is 0.517 bits per heavy atom. The van der Waals surface area contributed by atoms with Crippen molar-refractivity contribution in [2.75, 3.05) is 0 Å². The molecule has 0 aliphatic carbocycles. The molecule has 0 aromatic carbocycles. The van der Waals surface area contributed by atoms with Crippen LogP contribution in [-0.2, 0) is 39.3 Å². The van der Waals surface area contributed by atoms with E-state index in [0.29, 0.717) is 0 Å². The van der Waals surface area contributed by atoms with Gasteiger partial charge in [-0.3, -0.25) is 0 Å². The average Bonchev–Trinajstić information content (AvgIpc) is 2.62. The second kappa shape index (κ2) is 14.2. The van der Waals surface area contributed by atoms with Crippen LogP contribution in [0.3, 0.4) is 0 Å². The standard InChI is InChI=1S/2C6H10O8.Tc/c2*7-1(3(9)5(11)12)2(8)4(10)6(13)14;/h2*1-4,7-10H,(H,11,12)(H,13,14);/q;;+4/p-4/t2*1-,2-,3-,4+;/m00./s1. The molecule has 0 bridgehead atoms. The first kappa shape index (κ1) is 31.9. The quantitative estimate of drug-likeness (QED) is 0.134. The first-order chi connectivity index (χ1) is 12.6. The molecule has 0 aliphatic heterocycles. The summed E-state index contributed by atoms with van der Waals surface area (Å²) in [4.78, 5) is 39.8. The van der Waals surface area contributed by atoms with Crippen LogP contribution >= 0.6 is 0 Å². The van der Waals surface area contributed by atoms with Crippen LogP contribution in [0.2, 0.25) is 0 Å². The SMILES string of the molecule is O=C([O-])[C@@H](O)[C@@H](O)[C@H](O)[C@@H](O)C(=O)[O-].O=C([O-])[C@@H](O)[C@@H](O)[C@H](O)[C@@H](O)C(=O)[O-].[Tc+4]. The predicted molar refractivity (Wildman–Crippen MR) is 68.1 cm³/mol. The van der Waals surface area contributed by atoms with Crippen molar-refractivity contribution in [3.63, 3.8) is 0 Å². The summed E-state index contributed by atoms with van der Waals surface area (Å²) >= 11 is 0. The summed E-state index contributed by atoms with van der Waals surface area (Å²) in [6.45, 7) is 0. The van der Waals surface area contributed by atoms with Gasteiger partial charge in [-0.25, -0.2) is 0 Å². The van der Waals surface area contributed by atoms with Crippen molar-refractivity contribution in [2.24, 2.45) is 0 Å². The van der Waals surface area contributed by atoms with Crippen molar-refractivity contribution in [3.05, 3.63) is 0 Å². The number of carboxylic acids is 4. The van der Waals surface area contributed by atoms with Crippen molar-refractivity contribution < 1.29 is 101 Å². The van der Waals surface area contributed by atoms with Gasteiger partial charge in [-0.2, -0.15) is 0 Å². The first-order valence-electron chi connectivity index (χ1n) is 6.85. The molecule has 0 amide bonds. The van der Waals surface area contributed by atoms with Crippen LogP contribution in [0.25, 0.3) is 0 Å². The number of aliphatic hydroxyl groups is 8. The van der Waals surface area contributed by atoms with Crippen LogP contribution in [0.4, 0.5) is 0 Å². The number of hydrogen-bond donors (Lipinski definition) is 8. The van der Waals surface area contributed by atoms with Gasteiger partial charge in [0, 0.05) is 0 Å². The van der Waals surface area contributed by atoms with Crippen LogP contribution < -0.4 is 20.4 Å². The Morgan fingerprint density at radius 1 is 0.414 bits per heavy atom. The Balaban J connectivity index is -0.000000451. The molecule has 29 heavy (non-hydrogen) atoms. The molecule has 0 fully saturated rings. The zero-order valence-electron chi connectivity index (χ0n) is 13.8. The minimum absolute atomic E-state index is 0. The largest absolute Gasteiger partial charge is 4.00 e. The summed E-state index contributed by atoms with van der Waals surface area (Å²) in [6.07, 6.45) is -19.5. The van der Waals surface area contributed by atoms with E-state index >= 15 is 0 Å². The summed E-state index contributed by atoms with van der Waals surface area (Å²) in [5.41, 5.74) is 0. The van der Waals surface area contributed by atoms with E-state index in [-0.39, 0.29) is 20.1 Å². The third-order valence-electron chi connectivity index (χ3n) is 2.96. The van der Waals surface area contributed by atoms with E-state index in [0.717, 1.165) is 0 Å². The Bertz CT molecular complexity index is 458. The molecule has 16 nitrogen and oxygen atoms in total. The molecule has 0 saturated carbocycles. The molecule has 0 aromatic rings. The van der Waals surface area contributed by atoms with Crippen LogP contribution in [0.5, 0.6) is 0 Å². The third kappa shape index (κ3) is 10.5. The molecule has 167 valence electrons. The number of carbonyl (C=O) groups is 4. The molecule has 0 unspecified atom stereocenters. The Hall–Kier alpha value is -1.79. The summed E-state index contributed by atoms with van der Waals surface area (Å²) in [5, 5.41) is 109. The van der Waals surface area contributed by atoms with Crippen LogP contribution in [0.1, 0.15) is 0 Å². The van der Waals surface area contributed by atoms with Crippen LogP contribution in [0, 0.1) is 0 Å². The Kier molecular flexibility index (Phi) is 15.7. The van der Waals surface area contributed by atoms with Crippen molar-refractivity contribution >= 4 is 23.9 Å². The average molecular weight is 514 g/mol. The molecule has 0 rings (SSSR count). The molecule has 0 saturated heterocycles. The van der Waals surface area contributed by atoms with E-state index in [1.165, 1.54) is 0 Å². The van der Waals surface area contributed by atoms with Crippen LogP contribution in [-0.4, -0.2) is 114 Å². The Labute approximate surface area is 173 Å². The molecule has 17 heteroatoms. The first-order valence-corrected chi connectivity index (χ1v) is 6.85. The number of hydrogen-bond acceptors (Lipinski definition) is 16. The fourth-order valence-corrected chi connectivity index (χ4v) is 1.30. The minimum atomic E-state index is -2.50. The van der Waals surface area contributed by atoms with E-state index in [9.17, 15) is 39.6 Å². The number of carbonyl (C=O) groups excluding carboxylic acids is 4. The monoisotopic (exact) mass is 513 g/mol. The predicted octanol–water partition coefficient (Wildman–Crippen LogP) is -12.1. The second-order valence-corrected chi connectivity index (χ2v) is 5.02. The maximum Gasteiger partial charge on any atom is 4.00 e. The molecule has 0 aromatic heterocycles. The maximum atomic E-state index is 9.96. The molecule has 1 radical (unpaired) electrons. The second-order valence-electron chi connectivity index (χ2n) is 5.02. The fourth-order valence-electron chi connectivity index (χ4n) is 1.30. The van der Waals surface area contributed by atoms with Crippen LogP contribution in [0.15, 0.2) is 0 Å². The Morgan fingerprint density at radius 3 is 0.586 bits per heavy atom. The molecule has 0 heterocycles. The summed E-state index contributed by atoms with van der Waals surface area (Å²) < 4.78 is 0. The van der Waals surface area contributed by atoms with Gasteiger partial charge in [0.1, 0.15) is 48.8 Å². The zero-order chi connectivity index (χ0) is 22.9. The van der Waals surface area contributed by atoms with Gasteiger partial charge in [-0.05, 0) is 0 Å². The van der Waals surface area contributed by atoms with Crippen molar-refractivity contribution in [2.45, 2.75) is 48.8 Å². The van der Waals surface area contributed by atoms with E-state index < -0.39 is 72.7 Å². The normalized spacial score (nSPS) is 18.8. The van der Waals surface area contributed by atoms with Gasteiger partial charge in [-0.1, -0.05) is 0 Å². The van der Waals surface area contributed by atoms with E-state index in [2.05, 4.69) is 0 Å². The van der Waals surface area contributed by atoms with Gasteiger partial charge in [0.25, 0.3) is 0 Å². The maximum absolute atomic E-state index is 9.96. The van der Waals surface area contributed by atoms with E-state index in [4.69, 9.17) is 40.9 Å². The van der Waals surface area contributed by atoms with Crippen molar-refractivity contribution in [1.29, 1.82) is 0 Å². The number of aliphatic hydroxyl groups excluding tert-OH is 8. The van der Waals surface area contributed by atoms with E-state index in [1.54, 1.807) is 0 Å². The summed E-state index contributed by atoms with van der Waals surface area (Å²) in [5.74, 6) is -8.44. The molecule has 0 aliphatic rings. The molecule has 8 N–H and O–H groups in total. The van der Waals surface area contributed by atoms with Crippen molar-refractivity contribution in [1.82, 2.24) is 0 Å². The molecular weight excluding hydrogens is 498 g/mol. The van der Waals surface area contributed by atoms with Gasteiger partial charge in [0.2, 0.25) is 0 Å². The van der Waals surface area contributed by atoms with Gasteiger partial charge in [0.05, 0.1) is 23.9 Å². The third-order valence-corrected chi connectivity index (χ3v) is 2.96. The number of carboxylic acid groups (broad SMARTS) is 4. The minimum Gasteiger partial charge on any atom is -0.547 e. The van der Waals surface area contributed by atoms with Gasteiger partial charge >= 0.3 is 20.1 Å². The van der Waals surface area contributed by atoms with Gasteiger partial charge in [0.15, 0.2) is 0 Å².